The van der Waals surface area contributed by atoms with Gasteiger partial charge in [-0.1, -0.05) is 0 Å². The molecule has 4 saturated carbocycles. The van der Waals surface area contributed by atoms with E-state index in [0.717, 1.165) is 37.0 Å². The Morgan fingerprint density at radius 3 is 2.30 bits per heavy atom. The van der Waals surface area contributed by atoms with Gasteiger partial charge in [0.05, 0.1) is 0 Å². The van der Waals surface area contributed by atoms with Crippen LogP contribution in [0.1, 0.15) is 62.0 Å². The number of carbonyl (C=O) groups excluding carboxylic acids is 1. The van der Waals surface area contributed by atoms with Gasteiger partial charge in [-0.05, 0) is 69.3 Å². The Morgan fingerprint density at radius 1 is 1.26 bits per heavy atom. The Morgan fingerprint density at radius 2 is 1.83 bits per heavy atom. The molecule has 0 saturated heterocycles. The lowest BCUT2D eigenvalue weighted by Crippen LogP contribution is -2.60. The van der Waals surface area contributed by atoms with Crippen LogP contribution in [0, 0.1) is 17.8 Å². The third-order valence-electron chi connectivity index (χ3n) is 6.03. The molecule has 0 aliphatic heterocycles. The zero-order valence-electron chi connectivity index (χ0n) is 13.4. The lowest BCUT2D eigenvalue weighted by molar-refractivity contribution is -0.130. The Kier molecular flexibility index (Phi) is 3.25. The van der Waals surface area contributed by atoms with E-state index in [1.165, 1.54) is 30.0 Å². The third kappa shape index (κ3) is 2.54. The third-order valence-corrected chi connectivity index (χ3v) is 6.03. The van der Waals surface area contributed by atoms with E-state index in [0.29, 0.717) is 0 Å². The first-order chi connectivity index (χ1) is 10.9. The Balaban J connectivity index is 1.48. The van der Waals surface area contributed by atoms with Gasteiger partial charge in [0.25, 0.3) is 0 Å². The van der Waals surface area contributed by atoms with Crippen molar-refractivity contribution < 1.29 is 14.7 Å². The van der Waals surface area contributed by atoms with Crippen LogP contribution in [-0.2, 0) is 4.79 Å². The molecule has 4 aliphatic carbocycles. The number of hydrogen-bond acceptors (Lipinski definition) is 3. The Hall–Kier alpha value is -1.85. The highest BCUT2D eigenvalue weighted by atomic mass is 16.4. The number of nitrogens with one attached hydrogen (secondary N) is 1. The van der Waals surface area contributed by atoms with Crippen LogP contribution < -0.4 is 5.32 Å². The minimum atomic E-state index is -1.07. The molecule has 1 heterocycles. The first-order valence-corrected chi connectivity index (χ1v) is 8.54. The lowest BCUT2D eigenvalue weighted by atomic mass is 9.53. The molecular formula is C17H23N3O3. The van der Waals surface area contributed by atoms with Gasteiger partial charge < -0.3 is 10.4 Å². The second-order valence-electron chi connectivity index (χ2n) is 7.85. The molecule has 1 amide bonds. The number of aromatic carboxylic acids is 1. The zero-order valence-corrected chi connectivity index (χ0v) is 13.4. The normalized spacial score (nSPS) is 36.0. The predicted octanol–water partition coefficient (Wildman–Crippen LogP) is 2.23. The second kappa shape index (κ2) is 5.08. The van der Waals surface area contributed by atoms with Gasteiger partial charge in [-0.15, -0.1) is 0 Å². The summed E-state index contributed by atoms with van der Waals surface area (Å²) in [6.45, 7) is 1.77. The highest BCUT2D eigenvalue weighted by Gasteiger charge is 2.51. The van der Waals surface area contributed by atoms with Crippen molar-refractivity contribution in [1.29, 1.82) is 0 Å². The molecule has 124 valence electrons. The van der Waals surface area contributed by atoms with Crippen LogP contribution >= 0.6 is 0 Å². The van der Waals surface area contributed by atoms with Crippen molar-refractivity contribution in [3.05, 3.63) is 18.0 Å². The number of carboxylic acid groups (broad SMARTS) is 1. The van der Waals surface area contributed by atoms with E-state index in [4.69, 9.17) is 5.11 Å². The number of carboxylic acids is 1. The fourth-order valence-electron chi connectivity index (χ4n) is 5.42. The lowest BCUT2D eigenvalue weighted by Gasteiger charge is -2.57. The number of nitrogens with zero attached hydrogens (tertiary/aromatic N) is 2. The van der Waals surface area contributed by atoms with Gasteiger partial charge in [-0.25, -0.2) is 4.79 Å². The first-order valence-electron chi connectivity index (χ1n) is 8.54. The van der Waals surface area contributed by atoms with Gasteiger partial charge in [-0.3, -0.25) is 9.48 Å². The van der Waals surface area contributed by atoms with E-state index < -0.39 is 12.0 Å². The number of carbonyl (C=O) groups is 2. The van der Waals surface area contributed by atoms with Crippen LogP contribution in [0.5, 0.6) is 0 Å². The summed E-state index contributed by atoms with van der Waals surface area (Å²) in [5, 5.41) is 16.2. The maximum absolute atomic E-state index is 12.7. The van der Waals surface area contributed by atoms with E-state index in [9.17, 15) is 9.59 Å². The minimum absolute atomic E-state index is 0.0249. The van der Waals surface area contributed by atoms with Crippen molar-refractivity contribution in [3.8, 4) is 0 Å². The molecule has 2 N–H and O–H groups in total. The van der Waals surface area contributed by atoms with Gasteiger partial charge in [0.2, 0.25) is 5.91 Å². The number of aromatic nitrogens is 2. The smallest absolute Gasteiger partial charge is 0.356 e. The molecule has 6 heteroatoms. The van der Waals surface area contributed by atoms with E-state index in [2.05, 4.69) is 10.4 Å². The van der Waals surface area contributed by atoms with Crippen LogP contribution in [0.25, 0.3) is 0 Å². The molecule has 1 atom stereocenters. The van der Waals surface area contributed by atoms with Crippen molar-refractivity contribution in [1.82, 2.24) is 15.1 Å². The van der Waals surface area contributed by atoms with Crippen molar-refractivity contribution in [2.75, 3.05) is 0 Å². The molecule has 6 nitrogen and oxygen atoms in total. The summed E-state index contributed by atoms with van der Waals surface area (Å²) in [6, 6.07) is 0.938. The second-order valence-corrected chi connectivity index (χ2v) is 7.85. The van der Waals surface area contributed by atoms with Crippen LogP contribution in [0.4, 0.5) is 0 Å². The van der Waals surface area contributed by atoms with Crippen molar-refractivity contribution in [3.63, 3.8) is 0 Å². The Labute approximate surface area is 135 Å². The van der Waals surface area contributed by atoms with Gasteiger partial charge in [0, 0.05) is 11.7 Å². The summed E-state index contributed by atoms with van der Waals surface area (Å²) in [7, 11) is 0. The molecule has 4 fully saturated rings. The van der Waals surface area contributed by atoms with Crippen LogP contribution in [-0.4, -0.2) is 32.3 Å². The van der Waals surface area contributed by atoms with E-state index in [-0.39, 0.29) is 17.1 Å². The molecule has 1 aromatic heterocycles. The highest BCUT2D eigenvalue weighted by Crippen LogP contribution is 2.55. The largest absolute Gasteiger partial charge is 0.476 e. The SMILES string of the molecule is CC(C(=O)NC12CC3CC(CC(C3)C1)C2)n1ccc(C(=O)O)n1. The Bertz CT molecular complexity index is 616. The summed E-state index contributed by atoms with van der Waals surface area (Å²) < 4.78 is 1.44. The highest BCUT2D eigenvalue weighted by molar-refractivity contribution is 5.85. The van der Waals surface area contributed by atoms with Gasteiger partial charge in [0.15, 0.2) is 5.69 Å². The van der Waals surface area contributed by atoms with Crippen LogP contribution in [0.3, 0.4) is 0 Å². The number of rotatable bonds is 4. The van der Waals surface area contributed by atoms with Gasteiger partial charge >= 0.3 is 5.97 Å². The molecular weight excluding hydrogens is 294 g/mol. The molecule has 1 aromatic rings. The van der Waals surface area contributed by atoms with Gasteiger partial charge in [0.1, 0.15) is 6.04 Å². The summed E-state index contributed by atoms with van der Waals surface area (Å²) in [5.41, 5.74) is -0.0532. The van der Waals surface area contributed by atoms with E-state index in [1.54, 1.807) is 13.1 Å². The first kappa shape index (κ1) is 14.7. The number of amides is 1. The molecule has 0 aromatic carbocycles. The maximum Gasteiger partial charge on any atom is 0.356 e. The van der Waals surface area contributed by atoms with Crippen molar-refractivity contribution in [2.45, 2.75) is 57.0 Å². The van der Waals surface area contributed by atoms with E-state index in [1.807, 2.05) is 0 Å². The summed E-state index contributed by atoms with van der Waals surface area (Å²) in [6.07, 6.45) is 8.90. The topological polar surface area (TPSA) is 84.2 Å². The molecule has 0 radical (unpaired) electrons. The average Bonchev–Trinajstić information content (AvgIpc) is 2.94. The fraction of sp³-hybridized carbons (Fsp3) is 0.706. The molecule has 5 rings (SSSR count). The molecule has 1 unspecified atom stereocenters. The van der Waals surface area contributed by atoms with Crippen molar-refractivity contribution >= 4 is 11.9 Å². The van der Waals surface area contributed by atoms with Crippen LogP contribution in [0.15, 0.2) is 12.3 Å². The average molecular weight is 317 g/mol. The van der Waals surface area contributed by atoms with E-state index >= 15 is 0 Å². The fourth-order valence-corrected chi connectivity index (χ4v) is 5.42. The summed E-state index contributed by atoms with van der Waals surface area (Å²) in [5.74, 6) is 1.21. The monoisotopic (exact) mass is 317 g/mol. The number of hydrogen-bond donors (Lipinski definition) is 2. The standard InChI is InChI=1S/C17H23N3O3/c1-10(20-3-2-14(19-20)16(22)23)15(21)18-17-7-11-4-12(8-17)6-13(5-11)9-17/h2-3,10-13H,4-9H2,1H3,(H,18,21)(H,22,23). The van der Waals surface area contributed by atoms with Gasteiger partial charge in [-0.2, -0.15) is 5.10 Å². The molecule has 23 heavy (non-hydrogen) atoms. The minimum Gasteiger partial charge on any atom is -0.476 e. The van der Waals surface area contributed by atoms with Crippen molar-refractivity contribution in [2.24, 2.45) is 17.8 Å². The molecule has 4 bridgehead atoms. The quantitative estimate of drug-likeness (QED) is 0.892. The summed E-state index contributed by atoms with van der Waals surface area (Å²) >= 11 is 0. The maximum atomic E-state index is 12.7. The molecule has 0 spiro atoms. The molecule has 4 aliphatic rings. The zero-order chi connectivity index (χ0) is 16.2. The predicted molar refractivity (Wildman–Crippen MR) is 82.9 cm³/mol. The summed E-state index contributed by atoms with van der Waals surface area (Å²) in [4.78, 5) is 23.6. The van der Waals surface area contributed by atoms with Crippen LogP contribution in [0.2, 0.25) is 0 Å².